The molecule has 4 heteroatoms. The molecule has 0 saturated heterocycles. The summed E-state index contributed by atoms with van der Waals surface area (Å²) in [5.41, 5.74) is 7.21. The molecule has 3 aliphatic rings. The molecule has 0 aliphatic heterocycles. The molecule has 11 unspecified atom stereocenters. The molecule has 52 heavy (non-hydrogen) atoms. The Morgan fingerprint density at radius 2 is 1.25 bits per heavy atom. The van der Waals surface area contributed by atoms with Crippen LogP contribution in [0.3, 0.4) is 0 Å². The van der Waals surface area contributed by atoms with Gasteiger partial charge in [0.25, 0.3) is 0 Å². The molecule has 0 spiro atoms. The molecule has 0 amide bonds. The Balaban J connectivity index is 0. The number of allylic oxidation sites excluding steroid dienone is 2. The minimum atomic E-state index is 0.334. The van der Waals surface area contributed by atoms with Crippen LogP contribution in [0.15, 0.2) is 25.3 Å². The zero-order valence-electron chi connectivity index (χ0n) is 38.4. The van der Waals surface area contributed by atoms with E-state index < -0.39 is 0 Å². The Hall–Kier alpha value is -0.680. The van der Waals surface area contributed by atoms with Gasteiger partial charge in [0.05, 0.1) is 0 Å². The van der Waals surface area contributed by atoms with E-state index in [1.165, 1.54) is 77.2 Å². The van der Waals surface area contributed by atoms with E-state index in [4.69, 9.17) is 5.73 Å². The van der Waals surface area contributed by atoms with Gasteiger partial charge in [-0.3, -0.25) is 0 Å². The monoisotopic (exact) mass is 733 g/mol. The van der Waals surface area contributed by atoms with Crippen molar-refractivity contribution in [3.05, 3.63) is 25.3 Å². The third-order valence-electron chi connectivity index (χ3n) is 13.1. The predicted molar refractivity (Wildman–Crippen MR) is 239 cm³/mol. The quantitative estimate of drug-likeness (QED) is 0.0789. The second-order valence-corrected chi connectivity index (χ2v) is 17.7. The molecule has 4 nitrogen and oxygen atoms in total. The fraction of sp³-hybridized carbons (Fsp3) is 0.917. The van der Waals surface area contributed by atoms with Crippen LogP contribution < -0.4 is 21.7 Å². The summed E-state index contributed by atoms with van der Waals surface area (Å²) in [5.74, 6) is 7.54. The van der Waals surface area contributed by atoms with Crippen LogP contribution in [0.1, 0.15) is 174 Å². The van der Waals surface area contributed by atoms with Gasteiger partial charge < -0.3 is 21.7 Å². The zero-order valence-corrected chi connectivity index (χ0v) is 38.4. The van der Waals surface area contributed by atoms with Crippen molar-refractivity contribution in [1.29, 1.82) is 0 Å². The van der Waals surface area contributed by atoms with Gasteiger partial charge in [0.2, 0.25) is 0 Å². The van der Waals surface area contributed by atoms with Crippen LogP contribution in [0.2, 0.25) is 0 Å². The molecule has 3 saturated carbocycles. The molecule has 0 radical (unpaired) electrons. The maximum absolute atomic E-state index is 6.20. The Labute approximate surface area is 330 Å². The van der Waals surface area contributed by atoms with Crippen molar-refractivity contribution < 1.29 is 0 Å². The van der Waals surface area contributed by atoms with Gasteiger partial charge in [0, 0.05) is 6.04 Å². The van der Waals surface area contributed by atoms with E-state index >= 15 is 0 Å². The fourth-order valence-electron chi connectivity index (χ4n) is 10.6. The summed E-state index contributed by atoms with van der Waals surface area (Å²) in [7, 11) is 0. The third kappa shape index (κ3) is 17.8. The molecule has 3 rings (SSSR count). The predicted octanol–water partition coefficient (Wildman–Crippen LogP) is 12.5. The summed E-state index contributed by atoms with van der Waals surface area (Å²) in [4.78, 5) is 0. The number of nitrogens with one attached hydrogen (secondary N) is 3. The first kappa shape index (κ1) is 53.4. The van der Waals surface area contributed by atoms with Gasteiger partial charge in [-0.05, 0) is 188 Å². The molecule has 0 aromatic carbocycles. The van der Waals surface area contributed by atoms with Gasteiger partial charge in [-0.25, -0.2) is 0 Å². The van der Waals surface area contributed by atoms with E-state index in [0.29, 0.717) is 22.8 Å². The summed E-state index contributed by atoms with van der Waals surface area (Å²) in [6.45, 7) is 48.7. The smallest absolute Gasteiger partial charge is 0.00106 e. The van der Waals surface area contributed by atoms with Crippen molar-refractivity contribution in [1.82, 2.24) is 16.0 Å². The molecule has 3 aliphatic carbocycles. The Morgan fingerprint density at radius 3 is 1.71 bits per heavy atom. The normalized spacial score (nSPS) is 31.4. The fourth-order valence-corrected chi connectivity index (χ4v) is 10.6. The maximum atomic E-state index is 6.20. The van der Waals surface area contributed by atoms with Crippen LogP contribution >= 0.6 is 0 Å². The largest absolute Gasteiger partial charge is 0.328 e. The van der Waals surface area contributed by atoms with Gasteiger partial charge in [0.1, 0.15) is 0 Å². The van der Waals surface area contributed by atoms with Crippen LogP contribution in [0.25, 0.3) is 0 Å². The van der Waals surface area contributed by atoms with Gasteiger partial charge in [-0.2, -0.15) is 0 Å². The highest BCUT2D eigenvalue weighted by Crippen LogP contribution is 2.70. The molecule has 5 N–H and O–H groups in total. The molecule has 0 aromatic rings. The van der Waals surface area contributed by atoms with Crippen LogP contribution in [0, 0.1) is 64.1 Å². The SMILES string of the molecule is C=CC.C=CC(C)C1C(C)CC2(C)C1CC(C)C1C2CCC(C)C1(C)CCC(C)N.CC.CC.CCCNCCCNCCCNCCCC(C)C. The van der Waals surface area contributed by atoms with E-state index in [1.807, 2.05) is 34.6 Å². The Bertz CT molecular complexity index is 840. The molecule has 312 valence electrons. The van der Waals surface area contributed by atoms with Crippen molar-refractivity contribution in [2.75, 3.05) is 39.3 Å². The second-order valence-electron chi connectivity index (χ2n) is 17.7. The number of hydrogen-bond donors (Lipinski definition) is 4. The van der Waals surface area contributed by atoms with E-state index in [0.717, 1.165) is 80.1 Å². The summed E-state index contributed by atoms with van der Waals surface area (Å²) >= 11 is 0. The van der Waals surface area contributed by atoms with Crippen LogP contribution in [-0.2, 0) is 0 Å². The molecule has 11 atom stereocenters. The van der Waals surface area contributed by atoms with Crippen molar-refractivity contribution in [3.63, 3.8) is 0 Å². The number of nitrogens with two attached hydrogens (primary N) is 1. The number of hydrogen-bond acceptors (Lipinski definition) is 4. The minimum absolute atomic E-state index is 0.334. The third-order valence-corrected chi connectivity index (χ3v) is 13.1. The molecular formula is C48H100N4. The first-order valence-electron chi connectivity index (χ1n) is 22.8. The minimum Gasteiger partial charge on any atom is -0.328 e. The lowest BCUT2D eigenvalue weighted by atomic mass is 9.43. The van der Waals surface area contributed by atoms with Crippen LogP contribution in [0.4, 0.5) is 0 Å². The molecule has 0 bridgehead atoms. The van der Waals surface area contributed by atoms with Gasteiger partial charge in [-0.15, -0.1) is 13.2 Å². The lowest BCUT2D eigenvalue weighted by Gasteiger charge is -2.62. The maximum Gasteiger partial charge on any atom is 0.00106 e. The highest BCUT2D eigenvalue weighted by atomic mass is 14.9. The van der Waals surface area contributed by atoms with E-state index in [9.17, 15) is 0 Å². The zero-order chi connectivity index (χ0) is 40.3. The first-order chi connectivity index (χ1) is 24.7. The van der Waals surface area contributed by atoms with Crippen LogP contribution in [-0.4, -0.2) is 45.3 Å². The van der Waals surface area contributed by atoms with Gasteiger partial charge in [0.15, 0.2) is 0 Å². The van der Waals surface area contributed by atoms with Crippen molar-refractivity contribution in [3.8, 4) is 0 Å². The topological polar surface area (TPSA) is 62.1 Å². The van der Waals surface area contributed by atoms with Crippen molar-refractivity contribution in [2.45, 2.75) is 181 Å². The lowest BCUT2D eigenvalue weighted by Crippen LogP contribution is -2.55. The average Bonchev–Trinajstić information content (AvgIpc) is 3.38. The van der Waals surface area contributed by atoms with Gasteiger partial charge in [-0.1, -0.05) is 102 Å². The van der Waals surface area contributed by atoms with E-state index in [1.54, 1.807) is 6.08 Å². The van der Waals surface area contributed by atoms with Crippen LogP contribution in [0.5, 0.6) is 0 Å². The first-order valence-corrected chi connectivity index (χ1v) is 22.8. The molecule has 0 heterocycles. The summed E-state index contributed by atoms with van der Waals surface area (Å²) < 4.78 is 0. The van der Waals surface area contributed by atoms with Crippen molar-refractivity contribution >= 4 is 0 Å². The summed E-state index contributed by atoms with van der Waals surface area (Å²) in [5, 5.41) is 10.4. The molecule has 0 aromatic heterocycles. The average molecular weight is 733 g/mol. The van der Waals surface area contributed by atoms with E-state index in [2.05, 4.69) is 104 Å². The molecule has 3 fully saturated rings. The van der Waals surface area contributed by atoms with Crippen molar-refractivity contribution in [2.24, 2.45) is 69.8 Å². The summed E-state index contributed by atoms with van der Waals surface area (Å²) in [6, 6.07) is 0.334. The highest BCUT2D eigenvalue weighted by Gasteiger charge is 2.63. The second kappa shape index (κ2) is 30.5. The number of rotatable bonds is 19. The van der Waals surface area contributed by atoms with Gasteiger partial charge >= 0.3 is 0 Å². The standard InChI is InChI=1S/C26H47N.C15H35N3.C3H6.2C2H6/c1-9-16(2)23-18(4)15-26(8)21-11-10-19(5)25(7,13-12-20(6)27)24(21)17(3)14-22(23)26;1-4-9-16-11-6-13-18-14-7-12-17-10-5-8-15(2)3;1-3-2;2*1-2/h9,16-24H,1,10-15,27H2,2-8H3;15-18H,4-14H2,1-3H3;3H,1H2,2H3;2*1-2H3. The number of fused-ring (bicyclic) bond motifs is 3. The highest BCUT2D eigenvalue weighted by molar-refractivity contribution is 5.12. The molecular weight excluding hydrogens is 633 g/mol. The lowest BCUT2D eigenvalue weighted by molar-refractivity contribution is -0.136. The Morgan fingerprint density at radius 1 is 0.750 bits per heavy atom. The summed E-state index contributed by atoms with van der Waals surface area (Å²) in [6.07, 6.45) is 18.6. The Kier molecular flexibility index (Phi) is 31.4. The van der Waals surface area contributed by atoms with E-state index in [-0.39, 0.29) is 0 Å².